The molecule has 0 fully saturated rings. The zero-order valence-corrected chi connectivity index (χ0v) is 16.0. The average Bonchev–Trinajstić information content (AvgIpc) is 2.92. The topological polar surface area (TPSA) is 85.0 Å². The number of carbonyl (C=O) groups excluding carboxylic acids is 1. The number of aromatic nitrogens is 2. The number of benzene rings is 2. The van der Waals surface area contributed by atoms with E-state index in [2.05, 4.69) is 15.7 Å². The number of urea groups is 1. The molecule has 2 amide bonds. The lowest BCUT2D eigenvalue weighted by molar-refractivity contribution is 0.250. The maximum atomic E-state index is 12.2. The first kappa shape index (κ1) is 18.8. The predicted octanol–water partition coefficient (Wildman–Crippen LogP) is 4.36. The Labute approximate surface area is 163 Å². The number of nitrogens with zero attached hydrogens (tertiary/aromatic N) is 2. The van der Waals surface area contributed by atoms with Gasteiger partial charge in [0.25, 0.3) is 0 Å². The first-order chi connectivity index (χ1) is 12.9. The van der Waals surface area contributed by atoms with Crippen molar-refractivity contribution in [1.82, 2.24) is 15.1 Å². The number of carbonyl (C=O) groups is 1. The molecule has 3 rings (SSSR count). The van der Waals surface area contributed by atoms with Crippen LogP contribution in [0.4, 0.5) is 16.3 Å². The Balaban J connectivity index is 1.99. The van der Waals surface area contributed by atoms with E-state index in [0.29, 0.717) is 28.8 Å². The molecule has 1 aromatic heterocycles. The van der Waals surface area contributed by atoms with E-state index in [1.807, 2.05) is 56.3 Å². The van der Waals surface area contributed by atoms with Gasteiger partial charge in [-0.2, -0.15) is 5.10 Å². The van der Waals surface area contributed by atoms with Crippen molar-refractivity contribution in [3.05, 3.63) is 65.2 Å². The number of nitrogens with one attached hydrogen (secondary N) is 2. The van der Waals surface area contributed by atoms with Gasteiger partial charge in [0.05, 0.1) is 6.54 Å². The quantitative estimate of drug-likeness (QED) is 0.611. The molecule has 0 bridgehead atoms. The van der Waals surface area contributed by atoms with Crippen molar-refractivity contribution in [2.45, 2.75) is 26.4 Å². The van der Waals surface area contributed by atoms with Crippen LogP contribution in [-0.2, 0) is 6.54 Å². The SMILES string of the molecule is CC(C)NC(=O)Nc1c(-c2ccc(Cl)cc2)nn(Cc2ccccc2)c1N. The minimum atomic E-state index is -0.328. The largest absolute Gasteiger partial charge is 0.382 e. The van der Waals surface area contributed by atoms with E-state index in [0.717, 1.165) is 11.1 Å². The molecule has 6 nitrogen and oxygen atoms in total. The number of hydrogen-bond donors (Lipinski definition) is 3. The fourth-order valence-corrected chi connectivity index (χ4v) is 2.82. The van der Waals surface area contributed by atoms with Crippen LogP contribution in [0.5, 0.6) is 0 Å². The molecule has 0 aliphatic rings. The van der Waals surface area contributed by atoms with Crippen molar-refractivity contribution < 1.29 is 4.79 Å². The molecule has 1 heterocycles. The lowest BCUT2D eigenvalue weighted by Gasteiger charge is -2.11. The lowest BCUT2D eigenvalue weighted by atomic mass is 10.1. The summed E-state index contributed by atoms with van der Waals surface area (Å²) < 4.78 is 1.68. The van der Waals surface area contributed by atoms with Crippen molar-refractivity contribution in [2.24, 2.45) is 0 Å². The van der Waals surface area contributed by atoms with Gasteiger partial charge in [0, 0.05) is 16.6 Å². The van der Waals surface area contributed by atoms with Crippen LogP contribution in [0, 0.1) is 0 Å². The second-order valence-electron chi connectivity index (χ2n) is 6.51. The van der Waals surface area contributed by atoms with Crippen LogP contribution < -0.4 is 16.4 Å². The summed E-state index contributed by atoms with van der Waals surface area (Å²) in [6.45, 7) is 4.28. The van der Waals surface area contributed by atoms with Gasteiger partial charge in [0.2, 0.25) is 0 Å². The summed E-state index contributed by atoms with van der Waals surface area (Å²) in [5.41, 5.74) is 9.28. The number of amides is 2. The average molecular weight is 384 g/mol. The molecule has 0 saturated carbocycles. The molecule has 4 N–H and O–H groups in total. The van der Waals surface area contributed by atoms with Gasteiger partial charge in [-0.25, -0.2) is 9.48 Å². The van der Waals surface area contributed by atoms with E-state index in [-0.39, 0.29) is 12.1 Å². The summed E-state index contributed by atoms with van der Waals surface area (Å²) >= 11 is 5.99. The van der Waals surface area contributed by atoms with Gasteiger partial charge in [0.15, 0.2) is 0 Å². The summed E-state index contributed by atoms with van der Waals surface area (Å²) in [5, 5.41) is 10.9. The van der Waals surface area contributed by atoms with E-state index in [9.17, 15) is 4.79 Å². The Kier molecular flexibility index (Phi) is 5.66. The second kappa shape index (κ2) is 8.14. The number of nitrogen functional groups attached to an aromatic ring is 1. The van der Waals surface area contributed by atoms with Crippen LogP contribution in [0.25, 0.3) is 11.3 Å². The Morgan fingerprint density at radius 2 is 1.81 bits per heavy atom. The second-order valence-corrected chi connectivity index (χ2v) is 6.95. The Bertz CT molecular complexity index is 920. The third kappa shape index (κ3) is 4.60. The highest BCUT2D eigenvalue weighted by Crippen LogP contribution is 2.33. The van der Waals surface area contributed by atoms with Crippen molar-refractivity contribution in [3.63, 3.8) is 0 Å². The van der Waals surface area contributed by atoms with Gasteiger partial charge in [0.1, 0.15) is 17.2 Å². The van der Waals surface area contributed by atoms with Gasteiger partial charge >= 0.3 is 6.03 Å². The van der Waals surface area contributed by atoms with Gasteiger partial charge < -0.3 is 16.4 Å². The molecule has 0 aliphatic carbocycles. The first-order valence-corrected chi connectivity index (χ1v) is 9.05. The van der Waals surface area contributed by atoms with Crippen molar-refractivity contribution >= 4 is 29.1 Å². The van der Waals surface area contributed by atoms with Crippen molar-refractivity contribution in [1.29, 1.82) is 0 Å². The monoisotopic (exact) mass is 383 g/mol. The van der Waals surface area contributed by atoms with Crippen LogP contribution in [0.15, 0.2) is 54.6 Å². The number of rotatable bonds is 5. The molecule has 7 heteroatoms. The molecule has 0 aliphatic heterocycles. The summed E-state index contributed by atoms with van der Waals surface area (Å²) in [7, 11) is 0. The zero-order chi connectivity index (χ0) is 19.4. The van der Waals surface area contributed by atoms with Crippen molar-refractivity contribution in [2.75, 3.05) is 11.1 Å². The minimum Gasteiger partial charge on any atom is -0.382 e. The van der Waals surface area contributed by atoms with E-state index in [1.54, 1.807) is 16.8 Å². The van der Waals surface area contributed by atoms with E-state index in [1.165, 1.54) is 0 Å². The van der Waals surface area contributed by atoms with Gasteiger partial charge in [-0.1, -0.05) is 54.1 Å². The maximum absolute atomic E-state index is 12.2. The van der Waals surface area contributed by atoms with Crippen LogP contribution >= 0.6 is 11.6 Å². The summed E-state index contributed by atoms with van der Waals surface area (Å²) in [5.74, 6) is 0.391. The van der Waals surface area contributed by atoms with E-state index < -0.39 is 0 Å². The van der Waals surface area contributed by atoms with E-state index >= 15 is 0 Å². The summed E-state index contributed by atoms with van der Waals surface area (Å²) in [4.78, 5) is 12.2. The lowest BCUT2D eigenvalue weighted by Crippen LogP contribution is -2.34. The molecule has 0 saturated heterocycles. The van der Waals surface area contributed by atoms with Crippen LogP contribution in [0.2, 0.25) is 5.02 Å². The smallest absolute Gasteiger partial charge is 0.319 e. The Morgan fingerprint density at radius 1 is 1.15 bits per heavy atom. The summed E-state index contributed by atoms with van der Waals surface area (Å²) in [6, 6.07) is 16.8. The van der Waals surface area contributed by atoms with Crippen molar-refractivity contribution in [3.8, 4) is 11.3 Å². The number of hydrogen-bond acceptors (Lipinski definition) is 3. The molecule has 0 spiro atoms. The van der Waals surface area contributed by atoms with Gasteiger partial charge in [-0.3, -0.25) is 0 Å². The van der Waals surface area contributed by atoms with Crippen LogP contribution in [0.1, 0.15) is 19.4 Å². The Hall–Kier alpha value is -2.99. The highest BCUT2D eigenvalue weighted by Gasteiger charge is 2.19. The molecule has 0 atom stereocenters. The standard InChI is InChI=1S/C20H22ClN5O/c1-13(2)23-20(27)24-18-17(15-8-10-16(21)11-9-15)25-26(19(18)22)12-14-6-4-3-5-7-14/h3-11,13H,12,22H2,1-2H3,(H2,23,24,27). The predicted molar refractivity (Wildman–Crippen MR) is 110 cm³/mol. The fraction of sp³-hybridized carbons (Fsp3) is 0.200. The van der Waals surface area contributed by atoms with E-state index in [4.69, 9.17) is 17.3 Å². The highest BCUT2D eigenvalue weighted by atomic mass is 35.5. The molecule has 27 heavy (non-hydrogen) atoms. The summed E-state index contributed by atoms with van der Waals surface area (Å²) in [6.07, 6.45) is 0. The molecular weight excluding hydrogens is 362 g/mol. The molecule has 140 valence electrons. The normalized spacial score (nSPS) is 10.8. The molecular formula is C20H22ClN5O. The number of nitrogens with two attached hydrogens (primary N) is 1. The third-order valence-corrected chi connectivity index (χ3v) is 4.19. The van der Waals surface area contributed by atoms with Crippen LogP contribution in [0.3, 0.4) is 0 Å². The first-order valence-electron chi connectivity index (χ1n) is 8.67. The third-order valence-electron chi connectivity index (χ3n) is 3.94. The molecule has 2 aromatic carbocycles. The minimum absolute atomic E-state index is 0.00423. The van der Waals surface area contributed by atoms with Crippen LogP contribution in [-0.4, -0.2) is 21.9 Å². The van der Waals surface area contributed by atoms with Gasteiger partial charge in [-0.05, 0) is 31.5 Å². The fourth-order valence-electron chi connectivity index (χ4n) is 2.70. The molecule has 0 radical (unpaired) electrons. The molecule has 0 unspecified atom stereocenters. The zero-order valence-electron chi connectivity index (χ0n) is 15.2. The molecule has 3 aromatic rings. The number of halogens is 1. The van der Waals surface area contributed by atoms with Gasteiger partial charge in [-0.15, -0.1) is 0 Å². The Morgan fingerprint density at radius 3 is 2.44 bits per heavy atom. The maximum Gasteiger partial charge on any atom is 0.319 e. The number of anilines is 2. The highest BCUT2D eigenvalue weighted by molar-refractivity contribution is 6.30.